The Labute approximate surface area is 113 Å². The molecule has 2 fully saturated rings. The van der Waals surface area contributed by atoms with Gasteiger partial charge in [0.15, 0.2) is 0 Å². The van der Waals surface area contributed by atoms with E-state index in [0.717, 1.165) is 12.8 Å². The Morgan fingerprint density at radius 3 is 2.74 bits per heavy atom. The van der Waals surface area contributed by atoms with Gasteiger partial charge in [0.2, 0.25) is 11.7 Å². The molecule has 19 heavy (non-hydrogen) atoms. The van der Waals surface area contributed by atoms with Crippen LogP contribution in [-0.2, 0) is 11.2 Å². The molecule has 1 unspecified atom stereocenters. The molecular formula is C14H23N3O2. The molecule has 5 nitrogen and oxygen atoms in total. The first-order valence-corrected chi connectivity index (χ1v) is 7.34. The van der Waals surface area contributed by atoms with E-state index in [1.54, 1.807) is 7.11 Å². The fourth-order valence-corrected chi connectivity index (χ4v) is 3.10. The van der Waals surface area contributed by atoms with Crippen molar-refractivity contribution in [3.63, 3.8) is 0 Å². The number of ether oxygens (including phenoxy) is 1. The molecule has 2 saturated carbocycles. The maximum atomic E-state index is 6.42. The molecule has 0 amide bonds. The molecule has 5 heteroatoms. The van der Waals surface area contributed by atoms with Crippen LogP contribution in [0, 0.1) is 5.92 Å². The van der Waals surface area contributed by atoms with Crippen molar-refractivity contribution in [3.05, 3.63) is 11.7 Å². The molecule has 0 spiro atoms. The largest absolute Gasteiger partial charge is 0.373 e. The molecule has 106 valence electrons. The highest BCUT2D eigenvalue weighted by atomic mass is 16.5. The number of hydrogen-bond acceptors (Lipinski definition) is 5. The van der Waals surface area contributed by atoms with Gasteiger partial charge in [0.05, 0.1) is 0 Å². The lowest BCUT2D eigenvalue weighted by Crippen LogP contribution is -2.43. The van der Waals surface area contributed by atoms with Gasteiger partial charge in [-0.15, -0.1) is 0 Å². The smallest absolute Gasteiger partial charge is 0.228 e. The lowest BCUT2D eigenvalue weighted by atomic mass is 9.80. The van der Waals surface area contributed by atoms with Crippen molar-refractivity contribution in [2.45, 2.75) is 63.0 Å². The van der Waals surface area contributed by atoms with E-state index in [1.807, 2.05) is 0 Å². The molecule has 0 bridgehead atoms. The average Bonchev–Trinajstić information content (AvgIpc) is 3.12. The molecule has 0 saturated heterocycles. The summed E-state index contributed by atoms with van der Waals surface area (Å²) >= 11 is 0. The van der Waals surface area contributed by atoms with Gasteiger partial charge in [0.1, 0.15) is 6.10 Å². The first kappa shape index (κ1) is 13.1. The Morgan fingerprint density at radius 1 is 1.37 bits per heavy atom. The monoisotopic (exact) mass is 265 g/mol. The van der Waals surface area contributed by atoms with Gasteiger partial charge in [0.25, 0.3) is 0 Å². The van der Waals surface area contributed by atoms with E-state index < -0.39 is 0 Å². The fraction of sp³-hybridized carbons (Fsp3) is 0.857. The molecule has 2 aliphatic rings. The van der Waals surface area contributed by atoms with Crippen molar-refractivity contribution >= 4 is 0 Å². The molecular weight excluding hydrogens is 242 g/mol. The third-order valence-electron chi connectivity index (χ3n) is 4.39. The molecule has 0 radical (unpaired) electrons. The summed E-state index contributed by atoms with van der Waals surface area (Å²) in [4.78, 5) is 4.50. The van der Waals surface area contributed by atoms with Crippen molar-refractivity contribution in [2.24, 2.45) is 11.7 Å². The minimum atomic E-state index is -0.149. The van der Waals surface area contributed by atoms with Crippen molar-refractivity contribution in [3.8, 4) is 0 Å². The second-order valence-corrected chi connectivity index (χ2v) is 6.14. The number of rotatable bonds is 5. The van der Waals surface area contributed by atoms with Crippen LogP contribution in [0.2, 0.25) is 0 Å². The third kappa shape index (κ3) is 2.98. The van der Waals surface area contributed by atoms with Crippen LogP contribution in [0.5, 0.6) is 0 Å². The average molecular weight is 265 g/mol. The lowest BCUT2D eigenvalue weighted by molar-refractivity contribution is 0.0751. The van der Waals surface area contributed by atoms with E-state index >= 15 is 0 Å². The molecule has 1 heterocycles. The fourth-order valence-electron chi connectivity index (χ4n) is 3.10. The standard InChI is InChI=1S/C14H23N3O2/c1-18-12(10-5-6-10)13-16-11(19-17-13)9-14(15)7-3-2-4-8-14/h10,12H,2-9,15H2,1H3. The van der Waals surface area contributed by atoms with Gasteiger partial charge in [-0.2, -0.15) is 4.98 Å². The first-order chi connectivity index (χ1) is 9.20. The molecule has 1 aromatic heterocycles. The normalized spacial score (nSPS) is 24.3. The maximum absolute atomic E-state index is 6.42. The van der Waals surface area contributed by atoms with Crippen LogP contribution in [-0.4, -0.2) is 22.8 Å². The van der Waals surface area contributed by atoms with Crippen LogP contribution in [0.25, 0.3) is 0 Å². The zero-order valence-electron chi connectivity index (χ0n) is 11.6. The van der Waals surface area contributed by atoms with Crippen LogP contribution in [0.15, 0.2) is 4.52 Å². The summed E-state index contributed by atoms with van der Waals surface area (Å²) in [6.45, 7) is 0. The van der Waals surface area contributed by atoms with Gasteiger partial charge >= 0.3 is 0 Å². The van der Waals surface area contributed by atoms with Crippen LogP contribution < -0.4 is 5.73 Å². The molecule has 3 rings (SSSR count). The highest BCUT2D eigenvalue weighted by Crippen LogP contribution is 2.42. The van der Waals surface area contributed by atoms with Gasteiger partial charge in [0, 0.05) is 19.1 Å². The van der Waals surface area contributed by atoms with Crippen LogP contribution in [0.4, 0.5) is 0 Å². The van der Waals surface area contributed by atoms with E-state index in [1.165, 1.54) is 32.1 Å². The Bertz CT molecular complexity index is 422. The predicted molar refractivity (Wildman–Crippen MR) is 70.5 cm³/mol. The molecule has 2 aliphatic carbocycles. The van der Waals surface area contributed by atoms with Crippen LogP contribution in [0.3, 0.4) is 0 Å². The quantitative estimate of drug-likeness (QED) is 0.884. The Morgan fingerprint density at radius 2 is 2.11 bits per heavy atom. The topological polar surface area (TPSA) is 74.2 Å². The molecule has 0 aromatic carbocycles. The highest BCUT2D eigenvalue weighted by molar-refractivity contribution is 5.02. The van der Waals surface area contributed by atoms with E-state index in [0.29, 0.717) is 24.1 Å². The summed E-state index contributed by atoms with van der Waals surface area (Å²) in [6, 6.07) is 0. The maximum Gasteiger partial charge on any atom is 0.228 e. The minimum absolute atomic E-state index is 0.00224. The van der Waals surface area contributed by atoms with Gasteiger partial charge in [-0.3, -0.25) is 0 Å². The summed E-state index contributed by atoms with van der Waals surface area (Å²) in [5.74, 6) is 1.93. The van der Waals surface area contributed by atoms with Gasteiger partial charge in [-0.05, 0) is 31.6 Å². The second kappa shape index (κ2) is 5.21. The van der Waals surface area contributed by atoms with Gasteiger partial charge in [-0.25, -0.2) is 0 Å². The lowest BCUT2D eigenvalue weighted by Gasteiger charge is -2.31. The van der Waals surface area contributed by atoms with E-state index in [2.05, 4.69) is 10.1 Å². The van der Waals surface area contributed by atoms with Crippen molar-refractivity contribution in [1.29, 1.82) is 0 Å². The van der Waals surface area contributed by atoms with Crippen molar-refractivity contribution < 1.29 is 9.26 Å². The first-order valence-electron chi connectivity index (χ1n) is 7.34. The summed E-state index contributed by atoms with van der Waals surface area (Å²) in [5.41, 5.74) is 6.27. The second-order valence-electron chi connectivity index (χ2n) is 6.14. The third-order valence-corrected chi connectivity index (χ3v) is 4.39. The Hall–Kier alpha value is -0.940. The zero-order valence-corrected chi connectivity index (χ0v) is 11.6. The molecule has 1 aromatic rings. The van der Waals surface area contributed by atoms with Crippen LogP contribution in [0.1, 0.15) is 62.8 Å². The van der Waals surface area contributed by atoms with Crippen LogP contribution >= 0.6 is 0 Å². The van der Waals surface area contributed by atoms with Gasteiger partial charge in [-0.1, -0.05) is 24.4 Å². The number of aromatic nitrogens is 2. The van der Waals surface area contributed by atoms with E-state index in [9.17, 15) is 0 Å². The predicted octanol–water partition coefficient (Wildman–Crippen LogP) is 2.37. The summed E-state index contributed by atoms with van der Waals surface area (Å²) < 4.78 is 10.8. The Kier molecular flexibility index (Phi) is 3.58. The van der Waals surface area contributed by atoms with E-state index in [4.69, 9.17) is 15.0 Å². The number of nitrogens with zero attached hydrogens (tertiary/aromatic N) is 2. The molecule has 2 N–H and O–H groups in total. The summed E-state index contributed by atoms with van der Waals surface area (Å²) in [6.07, 6.45) is 8.91. The van der Waals surface area contributed by atoms with Crippen molar-refractivity contribution in [1.82, 2.24) is 10.1 Å². The van der Waals surface area contributed by atoms with E-state index in [-0.39, 0.29) is 11.6 Å². The number of hydrogen-bond donors (Lipinski definition) is 1. The van der Waals surface area contributed by atoms with Crippen molar-refractivity contribution in [2.75, 3.05) is 7.11 Å². The zero-order chi connectivity index (χ0) is 13.3. The van der Waals surface area contributed by atoms with Gasteiger partial charge < -0.3 is 15.0 Å². The Balaban J connectivity index is 1.67. The SMILES string of the molecule is COC(c1noc(CC2(N)CCCCC2)n1)C1CC1. The highest BCUT2D eigenvalue weighted by Gasteiger charge is 2.36. The molecule has 0 aliphatic heterocycles. The number of methoxy groups -OCH3 is 1. The summed E-state index contributed by atoms with van der Waals surface area (Å²) in [7, 11) is 1.71. The molecule has 1 atom stereocenters. The number of nitrogens with two attached hydrogens (primary N) is 1. The summed E-state index contributed by atoms with van der Waals surface area (Å²) in [5, 5.41) is 4.08. The minimum Gasteiger partial charge on any atom is -0.373 e.